The van der Waals surface area contributed by atoms with Crippen LogP contribution in [-0.4, -0.2) is 50.9 Å². The molecule has 0 spiro atoms. The maximum Gasteiger partial charge on any atom is 0.339 e. The lowest BCUT2D eigenvalue weighted by Crippen LogP contribution is -2.34. The Hall–Kier alpha value is -3.45. The van der Waals surface area contributed by atoms with Crippen LogP contribution in [0.4, 0.5) is 0 Å². The number of rotatable bonds is 7. The number of hydrogen-bond donors (Lipinski definition) is 1. The highest BCUT2D eigenvalue weighted by molar-refractivity contribution is 5.89. The number of fused-ring (bicyclic) bond motifs is 1. The fraction of sp³-hybridized carbons (Fsp3) is 0.227. The fourth-order valence-electron chi connectivity index (χ4n) is 3.28. The van der Waals surface area contributed by atoms with E-state index >= 15 is 0 Å². The minimum absolute atomic E-state index is 0.323. The molecule has 0 aliphatic carbocycles. The van der Waals surface area contributed by atoms with Crippen LogP contribution >= 0.6 is 0 Å². The molecule has 0 bridgehead atoms. The van der Waals surface area contributed by atoms with Crippen molar-refractivity contribution in [3.05, 3.63) is 84.1 Å². The molecule has 1 N–H and O–H groups in total. The topological polar surface area (TPSA) is 76.0 Å². The number of hydrogen-bond acceptors (Lipinski definition) is 5. The summed E-state index contributed by atoms with van der Waals surface area (Å²) in [6, 6.07) is 15.3. The second-order valence-corrected chi connectivity index (χ2v) is 7.18. The zero-order chi connectivity index (χ0) is 20.2. The van der Waals surface area contributed by atoms with Crippen LogP contribution in [0.25, 0.3) is 10.9 Å². The molecule has 4 aromatic rings. The van der Waals surface area contributed by atoms with Gasteiger partial charge in [-0.05, 0) is 49.5 Å². The molecule has 1 unspecified atom stereocenters. The van der Waals surface area contributed by atoms with E-state index in [1.54, 1.807) is 23.1 Å². The number of esters is 1. The van der Waals surface area contributed by atoms with E-state index in [-0.39, 0.29) is 12.2 Å². The van der Waals surface area contributed by atoms with Gasteiger partial charge in [0, 0.05) is 23.5 Å². The van der Waals surface area contributed by atoms with Gasteiger partial charge in [0.05, 0.1) is 12.1 Å². The number of aromatic nitrogens is 4. The van der Waals surface area contributed by atoms with Crippen molar-refractivity contribution in [3.8, 4) is 0 Å². The monoisotopic (exact) mass is 389 g/mol. The summed E-state index contributed by atoms with van der Waals surface area (Å²) in [5.41, 5.74) is 3.83. The van der Waals surface area contributed by atoms with Gasteiger partial charge in [-0.2, -0.15) is 5.10 Å². The van der Waals surface area contributed by atoms with Gasteiger partial charge in [-0.15, -0.1) is 0 Å². The van der Waals surface area contributed by atoms with Crippen molar-refractivity contribution in [3.63, 3.8) is 0 Å². The first-order valence-corrected chi connectivity index (χ1v) is 9.44. The van der Waals surface area contributed by atoms with Crippen molar-refractivity contribution in [2.75, 3.05) is 14.1 Å². The van der Waals surface area contributed by atoms with Gasteiger partial charge in [0.25, 0.3) is 0 Å². The molecular formula is C22H23N5O2. The summed E-state index contributed by atoms with van der Waals surface area (Å²) < 4.78 is 7.58. The van der Waals surface area contributed by atoms with Gasteiger partial charge < -0.3 is 9.72 Å². The maximum atomic E-state index is 12.5. The largest absolute Gasteiger partial charge is 0.442 e. The van der Waals surface area contributed by atoms with Crippen LogP contribution in [-0.2, 0) is 17.7 Å². The summed E-state index contributed by atoms with van der Waals surface area (Å²) in [7, 11) is 3.82. The first kappa shape index (κ1) is 18.9. The van der Waals surface area contributed by atoms with Crippen molar-refractivity contribution >= 4 is 16.9 Å². The molecule has 0 aliphatic heterocycles. The smallest absolute Gasteiger partial charge is 0.339 e. The molecule has 2 aromatic carbocycles. The lowest BCUT2D eigenvalue weighted by atomic mass is 10.1. The van der Waals surface area contributed by atoms with E-state index in [1.165, 1.54) is 6.33 Å². The number of carbonyl (C=O) groups excluding carboxylic acids is 1. The van der Waals surface area contributed by atoms with Crippen LogP contribution in [0.5, 0.6) is 0 Å². The van der Waals surface area contributed by atoms with Crippen molar-refractivity contribution in [2.45, 2.75) is 19.2 Å². The van der Waals surface area contributed by atoms with Crippen LogP contribution in [0.2, 0.25) is 0 Å². The molecule has 0 amide bonds. The molecule has 2 aromatic heterocycles. The number of aromatic amines is 1. The second kappa shape index (κ2) is 8.28. The minimum Gasteiger partial charge on any atom is -0.442 e. The van der Waals surface area contributed by atoms with E-state index in [1.807, 2.05) is 43.4 Å². The summed E-state index contributed by atoms with van der Waals surface area (Å²) in [6.07, 6.45) is 5.42. The average Bonchev–Trinajstić information content (AvgIpc) is 3.38. The number of nitrogens with zero attached hydrogens (tertiary/aromatic N) is 4. The Morgan fingerprint density at radius 3 is 2.76 bits per heavy atom. The third kappa shape index (κ3) is 4.35. The summed E-state index contributed by atoms with van der Waals surface area (Å²) in [4.78, 5) is 21.7. The highest BCUT2D eigenvalue weighted by Crippen LogP contribution is 2.23. The fourth-order valence-corrected chi connectivity index (χ4v) is 3.28. The lowest BCUT2D eigenvalue weighted by Gasteiger charge is -2.24. The Morgan fingerprint density at radius 2 is 2.03 bits per heavy atom. The quantitative estimate of drug-likeness (QED) is 0.388. The number of likely N-dealkylation sites (N-methyl/N-ethyl adjacent to an activating group) is 1. The van der Waals surface area contributed by atoms with Crippen LogP contribution in [0.15, 0.2) is 67.4 Å². The van der Waals surface area contributed by atoms with E-state index in [2.05, 4.69) is 33.3 Å². The number of nitrogens with one attached hydrogen (secondary N) is 1. The highest BCUT2D eigenvalue weighted by Gasteiger charge is 2.20. The molecule has 0 aliphatic rings. The van der Waals surface area contributed by atoms with Gasteiger partial charge >= 0.3 is 5.97 Å². The zero-order valence-electron chi connectivity index (χ0n) is 16.4. The normalized spacial score (nSPS) is 12.4. The summed E-state index contributed by atoms with van der Waals surface area (Å²) in [6.45, 7) is 0.653. The first-order chi connectivity index (χ1) is 14.1. The van der Waals surface area contributed by atoms with Crippen molar-refractivity contribution in [1.29, 1.82) is 0 Å². The first-order valence-electron chi connectivity index (χ1n) is 9.44. The van der Waals surface area contributed by atoms with E-state index in [0.717, 1.165) is 22.0 Å². The van der Waals surface area contributed by atoms with Gasteiger partial charge in [-0.25, -0.2) is 14.5 Å². The van der Waals surface area contributed by atoms with Crippen LogP contribution < -0.4 is 0 Å². The van der Waals surface area contributed by atoms with Gasteiger partial charge in [-0.3, -0.25) is 4.90 Å². The molecule has 0 fully saturated rings. The molecule has 7 heteroatoms. The Morgan fingerprint density at radius 1 is 1.21 bits per heavy atom. The Balaban J connectivity index is 1.55. The lowest BCUT2D eigenvalue weighted by molar-refractivity contribution is -0.0136. The second-order valence-electron chi connectivity index (χ2n) is 7.18. The number of H-pyrrole nitrogens is 1. The van der Waals surface area contributed by atoms with E-state index in [4.69, 9.17) is 4.74 Å². The highest BCUT2D eigenvalue weighted by atomic mass is 16.6. The predicted octanol–water partition coefficient (Wildman–Crippen LogP) is 3.09. The van der Waals surface area contributed by atoms with Gasteiger partial charge in [0.15, 0.2) is 6.23 Å². The third-order valence-electron chi connectivity index (χ3n) is 4.87. The van der Waals surface area contributed by atoms with Crippen LogP contribution in [0.1, 0.15) is 21.5 Å². The summed E-state index contributed by atoms with van der Waals surface area (Å²) in [5, 5.41) is 5.28. The standard InChI is InChI=1S/C22H23N5O2/c1-26(2)21(29-22(28)17-6-4-3-5-7-17)11-18-12-24-20-9-8-16(10-19(18)20)13-27-15-23-14-25-27/h3-10,12,14-15,21,24H,11,13H2,1-2H3. The van der Waals surface area contributed by atoms with E-state index in [0.29, 0.717) is 18.5 Å². The molecule has 1 atom stereocenters. The third-order valence-corrected chi connectivity index (χ3v) is 4.87. The molecule has 0 saturated carbocycles. The molecular weight excluding hydrogens is 366 g/mol. The average molecular weight is 389 g/mol. The SMILES string of the molecule is CN(C)C(Cc1c[nH]c2ccc(Cn3cncn3)cc12)OC(=O)c1ccccc1. The molecule has 0 saturated heterocycles. The van der Waals surface area contributed by atoms with Gasteiger partial charge in [0.1, 0.15) is 12.7 Å². The van der Waals surface area contributed by atoms with E-state index < -0.39 is 0 Å². The van der Waals surface area contributed by atoms with E-state index in [9.17, 15) is 4.79 Å². The van der Waals surface area contributed by atoms with Crippen molar-refractivity contribution < 1.29 is 9.53 Å². The Labute approximate surface area is 168 Å². The predicted molar refractivity (Wildman–Crippen MR) is 110 cm³/mol. The number of carbonyl (C=O) groups is 1. The number of ether oxygens (including phenoxy) is 1. The van der Waals surface area contributed by atoms with Crippen LogP contribution in [0, 0.1) is 0 Å². The molecule has 4 rings (SSSR count). The van der Waals surface area contributed by atoms with Crippen molar-refractivity contribution in [2.24, 2.45) is 0 Å². The molecule has 0 radical (unpaired) electrons. The van der Waals surface area contributed by atoms with Gasteiger partial charge in [-0.1, -0.05) is 24.3 Å². The molecule has 7 nitrogen and oxygen atoms in total. The molecule has 148 valence electrons. The maximum absolute atomic E-state index is 12.5. The minimum atomic E-state index is -0.374. The van der Waals surface area contributed by atoms with Crippen LogP contribution in [0.3, 0.4) is 0 Å². The van der Waals surface area contributed by atoms with Gasteiger partial charge in [0.2, 0.25) is 0 Å². The molecule has 29 heavy (non-hydrogen) atoms. The number of benzene rings is 2. The molecule has 2 heterocycles. The zero-order valence-corrected chi connectivity index (χ0v) is 16.4. The summed E-state index contributed by atoms with van der Waals surface area (Å²) in [5.74, 6) is -0.323. The van der Waals surface area contributed by atoms with Crippen molar-refractivity contribution in [1.82, 2.24) is 24.6 Å². The Kier molecular flexibility index (Phi) is 5.39. The summed E-state index contributed by atoms with van der Waals surface area (Å²) >= 11 is 0. The Bertz CT molecular complexity index is 1090.